The maximum atomic E-state index is 15.6. The molecule has 0 spiro atoms. The largest absolute Gasteiger partial charge is 0.497 e. The van der Waals surface area contributed by atoms with Gasteiger partial charge in [-0.25, -0.2) is 4.98 Å². The number of benzene rings is 1. The Morgan fingerprint density at radius 3 is 2.25 bits per heavy atom. The van der Waals surface area contributed by atoms with E-state index in [4.69, 9.17) is 14.5 Å². The van der Waals surface area contributed by atoms with Gasteiger partial charge in [-0.2, -0.15) is 0 Å². The highest BCUT2D eigenvalue weighted by Crippen LogP contribution is 2.78. The first-order valence-electron chi connectivity index (χ1n) is 23.8. The van der Waals surface area contributed by atoms with Crippen molar-refractivity contribution < 1.29 is 29.0 Å². The van der Waals surface area contributed by atoms with Crippen molar-refractivity contribution in [2.24, 2.45) is 73.9 Å². The average molecular weight is 836 g/mol. The number of aromatic amines is 1. The number of hydrogen-bond acceptors (Lipinski definition) is 6. The van der Waals surface area contributed by atoms with E-state index in [1.807, 2.05) is 32.2 Å². The summed E-state index contributed by atoms with van der Waals surface area (Å²) in [5, 5.41) is 9.71. The van der Waals surface area contributed by atoms with E-state index in [0.29, 0.717) is 36.0 Å². The Bertz CT molecular complexity index is 2090. The number of rotatable bonds is 8. The molecular formula is C52H73N3O6. The van der Waals surface area contributed by atoms with E-state index >= 15 is 4.79 Å². The monoisotopic (exact) mass is 836 g/mol. The van der Waals surface area contributed by atoms with Crippen LogP contribution < -0.4 is 4.74 Å². The molecule has 1 saturated heterocycles. The molecule has 9 rings (SSSR count). The Morgan fingerprint density at radius 1 is 0.836 bits per heavy atom. The number of amides is 1. The Labute approximate surface area is 364 Å². The van der Waals surface area contributed by atoms with Crippen LogP contribution in [0.3, 0.4) is 0 Å². The lowest BCUT2D eigenvalue weighted by molar-refractivity contribution is -0.251. The molecule has 13 atom stereocenters. The SMILES string of the molecule is C=C(C)[C@@H]1CC[C@]2(C(=O)N3CCC[C@@H]3c3ncc(-c4ccc(OC)cc4)[nH]3)CC[C@]3(C)[C@H](CC[C@@H]4[C@@]5(C)CC[C@H](OC(=O)[C@H]6C[C@@H](C(=O)O)C6(C)C)C(C)(C)[C@@H]5CC[C@]43C)[C@@H]12. The fourth-order valence-electron chi connectivity index (χ4n) is 16.7. The third-order valence-corrected chi connectivity index (χ3v) is 20.4. The zero-order chi connectivity index (χ0) is 43.7. The molecule has 0 radical (unpaired) electrons. The number of aliphatic carboxylic acids is 1. The number of H-pyrrole nitrogens is 1. The first kappa shape index (κ1) is 42.7. The summed E-state index contributed by atoms with van der Waals surface area (Å²) in [6.45, 7) is 24.0. The van der Waals surface area contributed by atoms with Crippen molar-refractivity contribution in [1.29, 1.82) is 0 Å². The maximum Gasteiger partial charge on any atom is 0.309 e. The van der Waals surface area contributed by atoms with Crippen LogP contribution in [0.15, 0.2) is 42.6 Å². The van der Waals surface area contributed by atoms with E-state index in [2.05, 4.69) is 70.1 Å². The van der Waals surface area contributed by atoms with Crippen molar-refractivity contribution in [3.63, 3.8) is 0 Å². The highest BCUT2D eigenvalue weighted by molar-refractivity contribution is 5.85. The molecule has 7 fully saturated rings. The average Bonchev–Trinajstić information content (AvgIpc) is 3.98. The number of imidazole rings is 1. The summed E-state index contributed by atoms with van der Waals surface area (Å²) < 4.78 is 11.9. The summed E-state index contributed by atoms with van der Waals surface area (Å²) >= 11 is 0. The standard InChI is InChI=1S/C52H73N3O6/c1-30(2)33-19-24-52(46(59)55-27-11-12-38(55)43-53-29-37(54-43)31-13-15-32(60-10)16-14-31)26-25-50(8)34(42(33)52)17-18-40-49(7)22-21-41(48(5,6)39(49)20-23-51(40,50)9)61-45(58)36-28-35(44(56)57)47(36,3)4/h13-16,29,33-36,38-42H,1,11-12,17-28H2,2-10H3,(H,53,54)(H,56,57)/t33-,34+,35-,36+,38+,39-,40+,41-,42+,49-,50+,51+,52-/m0/s1. The molecule has 6 saturated carbocycles. The fraction of sp³-hybridized carbons (Fsp3) is 0.731. The highest BCUT2D eigenvalue weighted by Gasteiger charge is 2.72. The van der Waals surface area contributed by atoms with E-state index < -0.39 is 17.3 Å². The molecule has 332 valence electrons. The van der Waals surface area contributed by atoms with Gasteiger partial charge in [0.25, 0.3) is 0 Å². The van der Waals surface area contributed by atoms with Crippen molar-refractivity contribution in [3.05, 3.63) is 48.4 Å². The van der Waals surface area contributed by atoms with Crippen LogP contribution in [0.25, 0.3) is 11.3 Å². The quantitative estimate of drug-likeness (QED) is 0.201. The van der Waals surface area contributed by atoms with Gasteiger partial charge >= 0.3 is 11.9 Å². The van der Waals surface area contributed by atoms with Crippen molar-refractivity contribution in [2.75, 3.05) is 13.7 Å². The summed E-state index contributed by atoms with van der Waals surface area (Å²) in [6.07, 6.45) is 14.5. The van der Waals surface area contributed by atoms with Gasteiger partial charge in [-0.15, -0.1) is 0 Å². The maximum absolute atomic E-state index is 15.6. The van der Waals surface area contributed by atoms with Gasteiger partial charge in [0, 0.05) is 12.0 Å². The molecule has 7 aliphatic rings. The topological polar surface area (TPSA) is 122 Å². The Kier molecular flexibility index (Phi) is 10.1. The highest BCUT2D eigenvalue weighted by atomic mass is 16.5. The zero-order valence-corrected chi connectivity index (χ0v) is 38.6. The second kappa shape index (κ2) is 14.5. The van der Waals surface area contributed by atoms with Crippen LogP contribution in [0.4, 0.5) is 0 Å². The molecule has 1 aliphatic heterocycles. The molecule has 2 heterocycles. The summed E-state index contributed by atoms with van der Waals surface area (Å²) in [4.78, 5) is 51.9. The van der Waals surface area contributed by atoms with Gasteiger partial charge in [0.2, 0.25) is 5.91 Å². The molecular weight excluding hydrogens is 763 g/mol. The van der Waals surface area contributed by atoms with Gasteiger partial charge < -0.3 is 24.5 Å². The molecule has 0 unspecified atom stereocenters. The molecule has 9 heteroatoms. The molecule has 1 aromatic heterocycles. The van der Waals surface area contributed by atoms with E-state index in [9.17, 15) is 14.7 Å². The number of methoxy groups -OCH3 is 1. The second-order valence-electron chi connectivity index (χ2n) is 23.2. The number of hydrogen-bond donors (Lipinski definition) is 2. The second-order valence-corrected chi connectivity index (χ2v) is 23.2. The molecule has 1 aromatic carbocycles. The van der Waals surface area contributed by atoms with Crippen LogP contribution >= 0.6 is 0 Å². The van der Waals surface area contributed by atoms with E-state index in [-0.39, 0.29) is 57.0 Å². The number of aromatic nitrogens is 2. The first-order chi connectivity index (χ1) is 28.7. The lowest BCUT2D eigenvalue weighted by Gasteiger charge is -2.73. The number of likely N-dealkylation sites (tertiary alicyclic amines) is 1. The number of esters is 1. The molecule has 0 bridgehead atoms. The summed E-state index contributed by atoms with van der Waals surface area (Å²) in [5.74, 6) is 2.25. The van der Waals surface area contributed by atoms with E-state index in [0.717, 1.165) is 100 Å². The third-order valence-electron chi connectivity index (χ3n) is 20.4. The number of carbonyl (C=O) groups is 3. The number of carbonyl (C=O) groups excluding carboxylic acids is 2. The van der Waals surface area contributed by atoms with Crippen molar-refractivity contribution >= 4 is 17.8 Å². The number of nitrogens with zero attached hydrogens (tertiary/aromatic N) is 2. The van der Waals surface area contributed by atoms with Gasteiger partial charge in [0.1, 0.15) is 17.7 Å². The van der Waals surface area contributed by atoms with Gasteiger partial charge in [-0.05, 0) is 171 Å². The summed E-state index contributed by atoms with van der Waals surface area (Å²) in [7, 11) is 1.68. The predicted octanol–water partition coefficient (Wildman–Crippen LogP) is 11.1. The number of carboxylic acid groups (broad SMARTS) is 1. The predicted molar refractivity (Wildman–Crippen MR) is 236 cm³/mol. The lowest BCUT2D eigenvalue weighted by Crippen LogP contribution is -2.67. The summed E-state index contributed by atoms with van der Waals surface area (Å²) in [6, 6.07) is 8.00. The van der Waals surface area contributed by atoms with Crippen LogP contribution in [0, 0.1) is 73.9 Å². The number of carboxylic acids is 1. The van der Waals surface area contributed by atoms with Crippen LogP contribution in [-0.4, -0.2) is 57.6 Å². The summed E-state index contributed by atoms with van der Waals surface area (Å²) in [5.41, 5.74) is 2.43. The smallest absolute Gasteiger partial charge is 0.309 e. The number of fused-ring (bicyclic) bond motifs is 7. The van der Waals surface area contributed by atoms with Gasteiger partial charge in [-0.1, -0.05) is 60.6 Å². The van der Waals surface area contributed by atoms with Crippen molar-refractivity contribution in [2.45, 2.75) is 151 Å². The third kappa shape index (κ3) is 6.02. The van der Waals surface area contributed by atoms with Gasteiger partial charge in [0.15, 0.2) is 0 Å². The van der Waals surface area contributed by atoms with Crippen LogP contribution in [-0.2, 0) is 19.1 Å². The fourth-order valence-corrected chi connectivity index (χ4v) is 16.7. The van der Waals surface area contributed by atoms with Crippen molar-refractivity contribution in [3.8, 4) is 17.0 Å². The van der Waals surface area contributed by atoms with Gasteiger partial charge in [-0.3, -0.25) is 14.4 Å². The van der Waals surface area contributed by atoms with Crippen LogP contribution in [0.2, 0.25) is 0 Å². The molecule has 2 N–H and O–H groups in total. The zero-order valence-electron chi connectivity index (χ0n) is 38.6. The van der Waals surface area contributed by atoms with Crippen LogP contribution in [0.1, 0.15) is 151 Å². The molecule has 1 amide bonds. The number of nitrogens with one attached hydrogen (secondary N) is 1. The molecule has 2 aromatic rings. The van der Waals surface area contributed by atoms with Crippen LogP contribution in [0.5, 0.6) is 5.75 Å². The van der Waals surface area contributed by atoms with E-state index in [1.165, 1.54) is 12.0 Å². The first-order valence-corrected chi connectivity index (χ1v) is 23.8. The minimum Gasteiger partial charge on any atom is -0.497 e. The Morgan fingerprint density at radius 2 is 1.57 bits per heavy atom. The molecule has 6 aliphatic carbocycles. The lowest BCUT2D eigenvalue weighted by atomic mass is 9.32. The Hall–Kier alpha value is -3.62. The van der Waals surface area contributed by atoms with Gasteiger partial charge in [0.05, 0.1) is 42.3 Å². The molecule has 9 nitrogen and oxygen atoms in total. The van der Waals surface area contributed by atoms with Crippen molar-refractivity contribution in [1.82, 2.24) is 14.9 Å². The van der Waals surface area contributed by atoms with E-state index in [1.54, 1.807) is 7.11 Å². The number of ether oxygens (including phenoxy) is 2. The minimum atomic E-state index is -0.819. The number of allylic oxidation sites excluding steroid dienone is 1. The molecule has 61 heavy (non-hydrogen) atoms. The normalized spacial score (nSPS) is 41.9. The minimum absolute atomic E-state index is 0.0465. The Balaban J connectivity index is 0.960.